The summed E-state index contributed by atoms with van der Waals surface area (Å²) in [7, 11) is 3.29. The predicted molar refractivity (Wildman–Crippen MR) is 512 cm³/mol. The van der Waals surface area contributed by atoms with E-state index in [2.05, 4.69) is 62.0 Å². The Morgan fingerprint density at radius 3 is 1.06 bits per heavy atom. The van der Waals surface area contributed by atoms with Crippen LogP contribution in [0.3, 0.4) is 0 Å². The zero-order chi connectivity index (χ0) is 93.6. The summed E-state index contributed by atoms with van der Waals surface area (Å²) >= 11 is 0. The molecule has 4 saturated heterocycles. The Morgan fingerprint density at radius 1 is 0.378 bits per heavy atom. The molecule has 8 aromatic carbocycles. The molecule has 16 aromatic rings. The third-order valence-electron chi connectivity index (χ3n) is 24.1. The molecule has 8 aromatic heterocycles. The first-order valence-electron chi connectivity index (χ1n) is 44.6. The van der Waals surface area contributed by atoms with Crippen molar-refractivity contribution < 1.29 is 52.0 Å². The number of carbonyl (C=O) groups is 4. The van der Waals surface area contributed by atoms with Gasteiger partial charge in [0.15, 0.2) is 11.6 Å². The number of hydrogen-bond donors (Lipinski definition) is 0. The molecule has 0 aliphatic carbocycles. The van der Waals surface area contributed by atoms with Crippen molar-refractivity contribution in [2.24, 2.45) is 0 Å². The number of fused-ring (bicyclic) bond motifs is 4. The third-order valence-corrected chi connectivity index (χ3v) is 24.1. The molecule has 0 saturated carbocycles. The lowest BCUT2D eigenvalue weighted by Gasteiger charge is -2.22. The SMILES string of the molecule is C=CC(=O)N1CCC[C@H]1c1nc(-c2ccc(Oc3cccc(C)c3F)cc2)c2cnccn12.CC#CC(=O)N1CCC[C@H]1c1nc(-c2ccc(Oc3ccc(OC)cc3)cc2)c2cnccn12.CC#CC(=O)N1CCC[C@H]1c1nc(-c2ccc(Oc3cccc(C)c3)cc2)c2cnccn12.CC#CC(=O)N1CCC[C@H]1c1nc(-c2ccc(Oc3cccc(OC)c3C)cc2)c2cnccn12. The maximum atomic E-state index is 14.3. The van der Waals surface area contributed by atoms with E-state index >= 15 is 0 Å². The summed E-state index contributed by atoms with van der Waals surface area (Å²) < 4.78 is 56.8. The van der Waals surface area contributed by atoms with Gasteiger partial charge in [-0.1, -0.05) is 54.7 Å². The van der Waals surface area contributed by atoms with Gasteiger partial charge in [0.25, 0.3) is 17.7 Å². The summed E-state index contributed by atoms with van der Waals surface area (Å²) in [4.78, 5) is 94.5. The average molecular weight is 1800 g/mol. The molecular weight excluding hydrogens is 1700 g/mol. The van der Waals surface area contributed by atoms with Crippen molar-refractivity contribution in [2.75, 3.05) is 40.4 Å². The second-order valence-corrected chi connectivity index (χ2v) is 32.6. The molecule has 0 bridgehead atoms. The van der Waals surface area contributed by atoms with Crippen LogP contribution in [0.15, 0.2) is 269 Å². The van der Waals surface area contributed by atoms with Gasteiger partial charge in [-0.05, 0) is 280 Å². The first-order chi connectivity index (χ1) is 66.0. The van der Waals surface area contributed by atoms with Crippen LogP contribution in [0.1, 0.15) is 136 Å². The van der Waals surface area contributed by atoms with Crippen LogP contribution in [0.2, 0.25) is 0 Å². The van der Waals surface area contributed by atoms with E-state index < -0.39 is 0 Å². The van der Waals surface area contributed by atoms with Crippen molar-refractivity contribution in [1.82, 2.24) is 77.1 Å². The van der Waals surface area contributed by atoms with Crippen molar-refractivity contribution in [2.45, 2.75) is 117 Å². The average Bonchev–Trinajstić information content (AvgIpc) is 1.63. The van der Waals surface area contributed by atoms with Crippen LogP contribution >= 0.6 is 0 Å². The van der Waals surface area contributed by atoms with E-state index in [9.17, 15) is 23.6 Å². The van der Waals surface area contributed by atoms with Gasteiger partial charge < -0.3 is 48.0 Å². The van der Waals surface area contributed by atoms with Gasteiger partial charge in [-0.25, -0.2) is 24.3 Å². The van der Waals surface area contributed by atoms with Crippen LogP contribution in [0.25, 0.3) is 67.1 Å². The number of likely N-dealkylation sites (tertiary alicyclic amines) is 4. The highest BCUT2D eigenvalue weighted by Gasteiger charge is 2.38. The minimum Gasteiger partial charge on any atom is -0.497 e. The van der Waals surface area contributed by atoms with Gasteiger partial charge in [0.2, 0.25) is 5.91 Å². The Balaban J connectivity index is 0.000000125. The molecule has 0 spiro atoms. The fourth-order valence-electron chi connectivity index (χ4n) is 17.6. The van der Waals surface area contributed by atoms with E-state index in [1.165, 1.54) is 6.08 Å². The van der Waals surface area contributed by atoms with Gasteiger partial charge in [0.1, 0.15) is 75.0 Å². The van der Waals surface area contributed by atoms with Gasteiger partial charge in [-0.3, -0.25) is 56.7 Å². The lowest BCUT2D eigenvalue weighted by atomic mass is 10.1. The number of nitrogens with zero attached hydrogens (tertiary/aromatic N) is 16. The normalized spacial score (nSPS) is 15.3. The number of halogens is 1. The Hall–Kier alpha value is -16.7. The van der Waals surface area contributed by atoms with Crippen LogP contribution < -0.4 is 28.4 Å². The first kappa shape index (κ1) is 90.2. The Kier molecular flexibility index (Phi) is 27.5. The maximum Gasteiger partial charge on any atom is 0.299 e. The minimum absolute atomic E-state index is 0.0882. The van der Waals surface area contributed by atoms with Crippen LogP contribution in [0.5, 0.6) is 57.5 Å². The molecule has 0 unspecified atom stereocenters. The molecule has 135 heavy (non-hydrogen) atoms. The summed E-state index contributed by atoms with van der Waals surface area (Å²) in [5.74, 6) is 25.3. The monoisotopic (exact) mass is 1800 g/mol. The second kappa shape index (κ2) is 41.2. The number of ether oxygens (including phenoxy) is 6. The van der Waals surface area contributed by atoms with Gasteiger partial charge in [0, 0.05) is 104 Å². The van der Waals surface area contributed by atoms with Crippen LogP contribution in [0.4, 0.5) is 4.39 Å². The number of aryl methyl sites for hydroxylation is 2. The summed E-state index contributed by atoms with van der Waals surface area (Å²) in [5.41, 5.74) is 13.1. The molecule has 26 nitrogen and oxygen atoms in total. The Bertz CT molecular complexity index is 7280. The number of methoxy groups -OCH3 is 2. The van der Waals surface area contributed by atoms with Crippen molar-refractivity contribution in [1.29, 1.82) is 0 Å². The highest BCUT2D eigenvalue weighted by Crippen LogP contribution is 2.43. The number of amides is 4. The molecule has 27 heteroatoms. The summed E-state index contributed by atoms with van der Waals surface area (Å²) in [6.45, 7) is 17.1. The highest BCUT2D eigenvalue weighted by atomic mass is 19.1. The smallest absolute Gasteiger partial charge is 0.299 e. The van der Waals surface area contributed by atoms with Crippen molar-refractivity contribution in [3.63, 3.8) is 0 Å². The van der Waals surface area contributed by atoms with E-state index in [1.807, 2.05) is 240 Å². The number of rotatable bonds is 19. The van der Waals surface area contributed by atoms with E-state index in [0.29, 0.717) is 37.5 Å². The molecule has 0 N–H and O–H groups in total. The van der Waals surface area contributed by atoms with E-state index in [-0.39, 0.29) is 59.4 Å². The van der Waals surface area contributed by atoms with E-state index in [4.69, 9.17) is 48.4 Å². The minimum atomic E-state index is -0.368. The topological polar surface area (TPSA) is 257 Å². The lowest BCUT2D eigenvalue weighted by molar-refractivity contribution is -0.127. The molecule has 4 aliphatic heterocycles. The number of aromatic nitrogens is 12. The fraction of sp³-hybridized carbons (Fsp3) is 0.222. The molecule has 4 aliphatic rings. The van der Waals surface area contributed by atoms with Gasteiger partial charge >= 0.3 is 0 Å². The number of benzene rings is 8. The molecule has 4 amide bonds. The van der Waals surface area contributed by atoms with E-state index in [0.717, 1.165) is 199 Å². The molecular formula is C108H97FN16O10. The van der Waals surface area contributed by atoms with E-state index in [1.54, 1.807) is 109 Å². The van der Waals surface area contributed by atoms with Crippen molar-refractivity contribution in [3.05, 3.63) is 315 Å². The molecule has 4 fully saturated rings. The summed E-state index contributed by atoms with van der Waals surface area (Å²) in [6, 6.07) is 56.7. The van der Waals surface area contributed by atoms with Crippen molar-refractivity contribution >= 4 is 45.7 Å². The van der Waals surface area contributed by atoms with Crippen LogP contribution in [-0.4, -0.2) is 141 Å². The second-order valence-electron chi connectivity index (χ2n) is 32.6. The molecule has 20 rings (SSSR count). The van der Waals surface area contributed by atoms with Gasteiger partial charge in [-0.2, -0.15) is 0 Å². The largest absolute Gasteiger partial charge is 0.497 e. The highest BCUT2D eigenvalue weighted by molar-refractivity contribution is 5.95. The lowest BCUT2D eigenvalue weighted by Crippen LogP contribution is -2.30. The zero-order valence-corrected chi connectivity index (χ0v) is 75.9. The van der Waals surface area contributed by atoms with Crippen molar-refractivity contribution in [3.8, 4) is 138 Å². The third kappa shape index (κ3) is 19.6. The Labute approximate surface area is 780 Å². The Morgan fingerprint density at radius 2 is 0.696 bits per heavy atom. The fourth-order valence-corrected chi connectivity index (χ4v) is 17.6. The standard InChI is InChI=1S/C28H26N4O3.C27H24N4O3.C27H24N4O2.C26H23FN4O2/c1-4-7-26(33)31-16-6-8-22(31)28-30-27(23-18-29-15-17-32(23)28)20-11-13-21(14-12-20)35-25-10-5-9-24(34-3)19(25)2;1-3-5-25(32)30-16-4-6-23(30)27-29-26(24-18-28-15-17-31(24)27)19-7-9-21(10-8-19)34-22-13-11-20(33-2)12-14-22;1-3-6-25(32)30-15-5-9-23(30)27-29-26(24-18-28-14-16-31(24)27)20-10-12-21(13-11-20)33-22-8-4-7-19(2)17-22;1-3-23(32)30-14-5-7-20(30)26-29-25(21-16-28-13-15-31(21)26)18-9-11-19(12-10-18)33-22-8-4-6-17(2)24(22)27/h5,9-15,17-18,22H,6,8,16H2,1-3H3;7-15,17-18,23H,4,6,16H2,1-2H3;4,7-8,10-14,16-18,23H,5,9,15H2,1-2H3;3-4,6,8-13,15-16,20H,1,5,7,14H2,2H3/t22-;2*23-;20-/m0000/s1. The van der Waals surface area contributed by atoms with Gasteiger partial charge in [0.05, 0.1) is 108 Å². The number of carbonyl (C=O) groups excluding carboxylic acids is 4. The molecule has 676 valence electrons. The van der Waals surface area contributed by atoms with Crippen LogP contribution in [-0.2, 0) is 19.2 Å². The molecule has 4 atom stereocenters. The molecule has 0 radical (unpaired) electrons. The number of hydrogen-bond acceptors (Lipinski definition) is 18. The van der Waals surface area contributed by atoms with Crippen LogP contribution in [0, 0.1) is 62.1 Å². The number of imidazole rings is 4. The maximum absolute atomic E-state index is 14.3. The first-order valence-corrected chi connectivity index (χ1v) is 44.6. The predicted octanol–water partition coefficient (Wildman–Crippen LogP) is 20.7. The van der Waals surface area contributed by atoms with Gasteiger partial charge in [-0.15, -0.1) is 0 Å². The zero-order valence-electron chi connectivity index (χ0n) is 75.9. The molecule has 12 heterocycles. The quantitative estimate of drug-likeness (QED) is 0.0538. The summed E-state index contributed by atoms with van der Waals surface area (Å²) in [5, 5.41) is 0. The summed E-state index contributed by atoms with van der Waals surface area (Å²) in [6.07, 6.45) is 30.2.